The highest BCUT2D eigenvalue weighted by atomic mass is 79.9. The summed E-state index contributed by atoms with van der Waals surface area (Å²) in [6, 6.07) is 5.60. The zero-order valence-electron chi connectivity index (χ0n) is 12.3. The van der Waals surface area contributed by atoms with E-state index in [2.05, 4.69) is 33.1 Å². The number of nitro benzene ring substituents is 1. The highest BCUT2D eigenvalue weighted by Gasteiger charge is 2.23. The molecule has 2 rings (SSSR count). The first-order valence-corrected chi connectivity index (χ1v) is 8.28. The number of nitrogens with one attached hydrogen (secondary N) is 1. The van der Waals surface area contributed by atoms with Gasteiger partial charge in [-0.2, -0.15) is 0 Å². The maximum absolute atomic E-state index is 10.8. The van der Waals surface area contributed by atoms with Crippen molar-refractivity contribution in [3.63, 3.8) is 0 Å². The molecule has 1 fully saturated rings. The molecule has 0 saturated carbocycles. The van der Waals surface area contributed by atoms with Gasteiger partial charge in [0.2, 0.25) is 0 Å². The fraction of sp³-hybridized carbons (Fsp3) is 0.600. The van der Waals surface area contributed by atoms with Gasteiger partial charge in [0.15, 0.2) is 0 Å². The third-order valence-corrected chi connectivity index (χ3v) is 4.74. The predicted molar refractivity (Wildman–Crippen MR) is 87.4 cm³/mol. The molecule has 1 N–H and O–H groups in total. The molecule has 1 aliphatic rings. The van der Waals surface area contributed by atoms with Crippen LogP contribution in [0.5, 0.6) is 0 Å². The minimum absolute atomic E-state index is 0.133. The fourth-order valence-electron chi connectivity index (χ4n) is 2.81. The van der Waals surface area contributed by atoms with Crippen molar-refractivity contribution in [2.75, 3.05) is 19.6 Å². The van der Waals surface area contributed by atoms with E-state index >= 15 is 0 Å². The average Bonchev–Trinajstić information content (AvgIpc) is 2.48. The molecular weight excluding hydrogens is 334 g/mol. The molecule has 0 aliphatic carbocycles. The molecule has 1 heterocycles. The molecule has 116 valence electrons. The molecule has 0 aromatic heterocycles. The molecule has 0 bridgehead atoms. The lowest BCUT2D eigenvalue weighted by Crippen LogP contribution is -2.45. The zero-order valence-corrected chi connectivity index (χ0v) is 13.9. The first-order valence-electron chi connectivity index (χ1n) is 7.49. The van der Waals surface area contributed by atoms with Gasteiger partial charge < -0.3 is 5.32 Å². The normalized spacial score (nSPS) is 19.6. The molecule has 0 spiro atoms. The van der Waals surface area contributed by atoms with Gasteiger partial charge >= 0.3 is 0 Å². The molecule has 1 atom stereocenters. The molecule has 0 radical (unpaired) electrons. The molecule has 6 heteroatoms. The number of likely N-dealkylation sites (tertiary alicyclic amines) is 1. The quantitative estimate of drug-likeness (QED) is 0.628. The van der Waals surface area contributed by atoms with Gasteiger partial charge in [-0.3, -0.25) is 15.0 Å². The summed E-state index contributed by atoms with van der Waals surface area (Å²) in [6.07, 6.45) is 3.73. The van der Waals surface area contributed by atoms with E-state index in [-0.39, 0.29) is 10.6 Å². The number of likely N-dealkylation sites (N-methyl/N-ethyl adjacent to an activating group) is 1. The summed E-state index contributed by atoms with van der Waals surface area (Å²) in [4.78, 5) is 12.9. The van der Waals surface area contributed by atoms with E-state index in [1.807, 2.05) is 6.07 Å². The van der Waals surface area contributed by atoms with Crippen LogP contribution in [-0.4, -0.2) is 35.5 Å². The Hall–Kier alpha value is -0.980. The summed E-state index contributed by atoms with van der Waals surface area (Å²) in [5, 5.41) is 14.2. The van der Waals surface area contributed by atoms with Crippen molar-refractivity contribution in [2.24, 2.45) is 0 Å². The van der Waals surface area contributed by atoms with Gasteiger partial charge in [0.1, 0.15) is 0 Å². The number of benzene rings is 1. The maximum Gasteiger partial charge on any atom is 0.270 e. The van der Waals surface area contributed by atoms with E-state index < -0.39 is 0 Å². The van der Waals surface area contributed by atoms with Crippen molar-refractivity contribution in [1.82, 2.24) is 10.2 Å². The molecule has 1 saturated heterocycles. The van der Waals surface area contributed by atoms with Crippen LogP contribution in [0.4, 0.5) is 5.69 Å². The monoisotopic (exact) mass is 355 g/mol. The molecule has 1 aromatic carbocycles. The lowest BCUT2D eigenvalue weighted by molar-refractivity contribution is -0.384. The van der Waals surface area contributed by atoms with Gasteiger partial charge in [0, 0.05) is 35.7 Å². The summed E-state index contributed by atoms with van der Waals surface area (Å²) in [5.74, 6) is 0. The predicted octanol–water partition coefficient (Wildman–Crippen LogP) is 3.32. The molecule has 0 amide bonds. The Kier molecular flexibility index (Phi) is 6.14. The number of hydrogen-bond donors (Lipinski definition) is 1. The Bertz CT molecular complexity index is 496. The highest BCUT2D eigenvalue weighted by molar-refractivity contribution is 9.10. The third-order valence-electron chi connectivity index (χ3n) is 4.00. The summed E-state index contributed by atoms with van der Waals surface area (Å²) in [5.41, 5.74) is 1.25. The number of nitro groups is 1. The largest absolute Gasteiger partial charge is 0.315 e. The minimum atomic E-state index is -0.358. The second-order valence-electron chi connectivity index (χ2n) is 5.46. The number of hydrogen-bond acceptors (Lipinski definition) is 4. The second-order valence-corrected chi connectivity index (χ2v) is 6.31. The van der Waals surface area contributed by atoms with Gasteiger partial charge in [-0.05, 0) is 37.6 Å². The van der Waals surface area contributed by atoms with E-state index in [0.717, 1.165) is 36.2 Å². The Labute approximate surface area is 134 Å². The SMILES string of the molecule is CCNCC1CCCCN1Cc1ccc([N+](=O)[O-])cc1Br. The van der Waals surface area contributed by atoms with E-state index in [1.165, 1.54) is 19.3 Å². The molecule has 5 nitrogen and oxygen atoms in total. The van der Waals surface area contributed by atoms with E-state index in [0.29, 0.717) is 6.04 Å². The minimum Gasteiger partial charge on any atom is -0.315 e. The number of rotatable bonds is 6. The lowest BCUT2D eigenvalue weighted by Gasteiger charge is -2.36. The van der Waals surface area contributed by atoms with Crippen LogP contribution in [0.2, 0.25) is 0 Å². The lowest BCUT2D eigenvalue weighted by atomic mass is 10.0. The second kappa shape index (κ2) is 7.87. The first-order chi connectivity index (χ1) is 10.1. The molecular formula is C15H22BrN3O2. The van der Waals surface area contributed by atoms with Crippen molar-refractivity contribution in [2.45, 2.75) is 38.8 Å². The number of halogens is 1. The Morgan fingerprint density at radius 3 is 2.95 bits per heavy atom. The van der Waals surface area contributed by atoms with Crippen LogP contribution in [0.25, 0.3) is 0 Å². The van der Waals surface area contributed by atoms with E-state index in [1.54, 1.807) is 12.1 Å². The molecule has 21 heavy (non-hydrogen) atoms. The number of non-ortho nitro benzene ring substituents is 1. The van der Waals surface area contributed by atoms with E-state index in [4.69, 9.17) is 0 Å². The van der Waals surface area contributed by atoms with Crippen LogP contribution in [-0.2, 0) is 6.54 Å². The number of piperidine rings is 1. The Morgan fingerprint density at radius 1 is 1.48 bits per heavy atom. The van der Waals surface area contributed by atoms with Gasteiger partial charge in [-0.25, -0.2) is 0 Å². The van der Waals surface area contributed by atoms with E-state index in [9.17, 15) is 10.1 Å². The van der Waals surface area contributed by atoms with Gasteiger partial charge in [0.05, 0.1) is 4.92 Å². The van der Waals surface area contributed by atoms with Gasteiger partial charge in [-0.1, -0.05) is 29.3 Å². The molecule has 1 unspecified atom stereocenters. The third kappa shape index (κ3) is 4.49. The summed E-state index contributed by atoms with van der Waals surface area (Å²) < 4.78 is 0.824. The van der Waals surface area contributed by atoms with Gasteiger partial charge in [0.25, 0.3) is 5.69 Å². The zero-order chi connectivity index (χ0) is 15.2. The summed E-state index contributed by atoms with van der Waals surface area (Å²) >= 11 is 3.47. The fourth-order valence-corrected chi connectivity index (χ4v) is 3.30. The Morgan fingerprint density at radius 2 is 2.29 bits per heavy atom. The van der Waals surface area contributed by atoms with Crippen LogP contribution < -0.4 is 5.32 Å². The summed E-state index contributed by atoms with van der Waals surface area (Å²) in [6.45, 7) is 6.07. The Balaban J connectivity index is 2.06. The van der Waals surface area contributed by atoms with Crippen molar-refractivity contribution < 1.29 is 4.92 Å². The van der Waals surface area contributed by atoms with Crippen molar-refractivity contribution >= 4 is 21.6 Å². The molecule has 1 aliphatic heterocycles. The highest BCUT2D eigenvalue weighted by Crippen LogP contribution is 2.26. The van der Waals surface area contributed by atoms with Crippen LogP contribution in [0.1, 0.15) is 31.7 Å². The standard InChI is InChI=1S/C15H22BrN3O2/c1-2-17-10-14-5-3-4-8-18(14)11-12-6-7-13(19(20)21)9-15(12)16/h6-7,9,14,17H,2-5,8,10-11H2,1H3. The van der Waals surface area contributed by atoms with Crippen molar-refractivity contribution in [3.8, 4) is 0 Å². The van der Waals surface area contributed by atoms with Crippen LogP contribution in [0.15, 0.2) is 22.7 Å². The van der Waals surface area contributed by atoms with Gasteiger partial charge in [-0.15, -0.1) is 0 Å². The number of nitrogens with zero attached hydrogens (tertiary/aromatic N) is 2. The van der Waals surface area contributed by atoms with Crippen molar-refractivity contribution in [3.05, 3.63) is 38.3 Å². The maximum atomic E-state index is 10.8. The van der Waals surface area contributed by atoms with Crippen LogP contribution >= 0.6 is 15.9 Å². The summed E-state index contributed by atoms with van der Waals surface area (Å²) in [7, 11) is 0. The smallest absolute Gasteiger partial charge is 0.270 e. The first kappa shape index (κ1) is 16.4. The molecule has 1 aromatic rings. The average molecular weight is 356 g/mol. The van der Waals surface area contributed by atoms with Crippen LogP contribution in [0.3, 0.4) is 0 Å². The van der Waals surface area contributed by atoms with Crippen LogP contribution in [0, 0.1) is 10.1 Å². The van der Waals surface area contributed by atoms with Crippen molar-refractivity contribution in [1.29, 1.82) is 0 Å². The topological polar surface area (TPSA) is 58.4 Å².